The van der Waals surface area contributed by atoms with E-state index in [1.165, 1.54) is 26.4 Å². The first kappa shape index (κ1) is 25.0. The smallest absolute Gasteiger partial charge is 0.376 e. The molecule has 0 aliphatic carbocycles. The molecule has 1 amide bonds. The fourth-order valence-corrected chi connectivity index (χ4v) is 4.12. The molecule has 3 aromatic rings. The first-order chi connectivity index (χ1) is 17.4. The molecule has 1 N–H and O–H groups in total. The average Bonchev–Trinajstić information content (AvgIpc) is 2.90. The maximum absolute atomic E-state index is 13.3. The Labute approximate surface area is 208 Å². The summed E-state index contributed by atoms with van der Waals surface area (Å²) in [5.74, 6) is -0.936. The number of esters is 1. The molecule has 1 saturated heterocycles. The molecule has 0 atom stereocenters. The fourth-order valence-electron chi connectivity index (χ4n) is 4.12. The number of aromatic nitrogens is 2. The highest BCUT2D eigenvalue weighted by Crippen LogP contribution is 2.30. The summed E-state index contributed by atoms with van der Waals surface area (Å²) in [7, 11) is 2.90. The Kier molecular flexibility index (Phi) is 7.69. The van der Waals surface area contributed by atoms with Crippen molar-refractivity contribution in [1.82, 2.24) is 14.6 Å². The molecule has 0 unspecified atom stereocenters. The van der Waals surface area contributed by atoms with Crippen LogP contribution < -0.4 is 25.4 Å². The van der Waals surface area contributed by atoms with Crippen LogP contribution >= 0.6 is 0 Å². The second-order valence-corrected chi connectivity index (χ2v) is 8.15. The van der Waals surface area contributed by atoms with E-state index in [0.717, 1.165) is 23.5 Å². The number of carbonyl (C=O) groups excluding carboxylic acids is 2. The Balaban J connectivity index is 1.56. The zero-order valence-electron chi connectivity index (χ0n) is 20.5. The molecule has 1 aliphatic heterocycles. The number of nitrogens with zero attached hydrogens (tertiary/aromatic N) is 4. The third-order valence-electron chi connectivity index (χ3n) is 5.93. The van der Waals surface area contributed by atoms with Gasteiger partial charge in [0.25, 0.3) is 11.5 Å². The lowest BCUT2D eigenvalue weighted by atomic mass is 10.2. The van der Waals surface area contributed by atoms with Gasteiger partial charge in [0.05, 0.1) is 38.3 Å². The van der Waals surface area contributed by atoms with E-state index in [-0.39, 0.29) is 29.9 Å². The highest BCUT2D eigenvalue weighted by Gasteiger charge is 2.24. The highest BCUT2D eigenvalue weighted by molar-refractivity contribution is 5.92. The van der Waals surface area contributed by atoms with Gasteiger partial charge >= 0.3 is 5.97 Å². The van der Waals surface area contributed by atoms with Crippen LogP contribution in [0.2, 0.25) is 0 Å². The van der Waals surface area contributed by atoms with E-state index in [2.05, 4.69) is 27.4 Å². The lowest BCUT2D eigenvalue weighted by Crippen LogP contribution is -2.50. The lowest BCUT2D eigenvalue weighted by molar-refractivity contribution is -0.118. The van der Waals surface area contributed by atoms with Gasteiger partial charge in [0.15, 0.2) is 11.5 Å². The zero-order chi connectivity index (χ0) is 25.7. The van der Waals surface area contributed by atoms with Gasteiger partial charge in [0.2, 0.25) is 5.82 Å². The molecule has 0 radical (unpaired) electrons. The van der Waals surface area contributed by atoms with Gasteiger partial charge in [-0.3, -0.25) is 19.9 Å². The van der Waals surface area contributed by atoms with Crippen molar-refractivity contribution < 1.29 is 23.8 Å². The number of carbonyl (C=O) groups is 2. The Bertz CT molecular complexity index is 1300. The number of anilines is 1. The average molecular weight is 496 g/mol. The Morgan fingerprint density at radius 3 is 2.31 bits per heavy atom. The first-order valence-electron chi connectivity index (χ1n) is 11.6. The van der Waals surface area contributed by atoms with Gasteiger partial charge in [0.1, 0.15) is 0 Å². The normalized spacial score (nSPS) is 13.9. The number of fused-ring (bicyclic) bond motifs is 1. The predicted molar refractivity (Wildman–Crippen MR) is 135 cm³/mol. The van der Waals surface area contributed by atoms with Gasteiger partial charge in [-0.1, -0.05) is 18.2 Å². The molecule has 1 aliphatic rings. The number of piperazine rings is 1. The molecular weight excluding hydrogens is 466 g/mol. The maximum Gasteiger partial charge on any atom is 0.376 e. The quantitative estimate of drug-likeness (QED) is 0.464. The van der Waals surface area contributed by atoms with Crippen molar-refractivity contribution in [2.45, 2.75) is 6.92 Å². The van der Waals surface area contributed by atoms with E-state index in [1.807, 2.05) is 23.1 Å². The number of hydrogen-bond donors (Lipinski definition) is 1. The van der Waals surface area contributed by atoms with Crippen molar-refractivity contribution in [1.29, 1.82) is 0 Å². The van der Waals surface area contributed by atoms with E-state index in [9.17, 15) is 14.4 Å². The number of amides is 1. The molecule has 0 spiro atoms. The zero-order valence-corrected chi connectivity index (χ0v) is 20.5. The maximum atomic E-state index is 13.3. The number of nitrogens with one attached hydrogen (secondary N) is 1. The molecule has 2 heterocycles. The number of ether oxygens (including phenoxy) is 3. The minimum Gasteiger partial charge on any atom is -0.493 e. The molecule has 1 fully saturated rings. The van der Waals surface area contributed by atoms with Crippen molar-refractivity contribution in [3.63, 3.8) is 0 Å². The van der Waals surface area contributed by atoms with Gasteiger partial charge in [-0.25, -0.2) is 9.78 Å². The Morgan fingerprint density at radius 2 is 1.67 bits per heavy atom. The van der Waals surface area contributed by atoms with Gasteiger partial charge in [0, 0.05) is 37.9 Å². The molecule has 0 bridgehead atoms. The summed E-state index contributed by atoms with van der Waals surface area (Å²) in [5, 5.41) is 0.150. The number of para-hydroxylation sites is 1. The van der Waals surface area contributed by atoms with E-state index in [4.69, 9.17) is 14.2 Å². The summed E-state index contributed by atoms with van der Waals surface area (Å²) in [6.07, 6.45) is 0. The molecule has 1 aromatic heterocycles. The number of benzene rings is 2. The van der Waals surface area contributed by atoms with Crippen LogP contribution in [0.5, 0.6) is 11.5 Å². The summed E-state index contributed by atoms with van der Waals surface area (Å²) < 4.78 is 16.5. The molecular formula is C25H29N5O6. The van der Waals surface area contributed by atoms with Crippen molar-refractivity contribution in [3.05, 3.63) is 58.6 Å². The van der Waals surface area contributed by atoms with Crippen molar-refractivity contribution in [3.8, 4) is 11.5 Å². The molecule has 2 aromatic carbocycles. The van der Waals surface area contributed by atoms with Crippen LogP contribution in [-0.2, 0) is 9.53 Å². The van der Waals surface area contributed by atoms with E-state index >= 15 is 0 Å². The summed E-state index contributed by atoms with van der Waals surface area (Å²) in [5.41, 5.74) is 3.26. The van der Waals surface area contributed by atoms with Crippen LogP contribution in [0.25, 0.3) is 10.9 Å². The first-order valence-corrected chi connectivity index (χ1v) is 11.6. The molecule has 11 nitrogen and oxygen atoms in total. The monoisotopic (exact) mass is 495 g/mol. The molecule has 4 rings (SSSR count). The van der Waals surface area contributed by atoms with Gasteiger partial charge in [-0.05, 0) is 25.1 Å². The van der Waals surface area contributed by atoms with E-state index in [0.29, 0.717) is 24.6 Å². The second-order valence-electron chi connectivity index (χ2n) is 8.15. The lowest BCUT2D eigenvalue weighted by Gasteiger charge is -2.35. The summed E-state index contributed by atoms with van der Waals surface area (Å²) in [6, 6.07) is 13.0. The van der Waals surface area contributed by atoms with Crippen LogP contribution in [0.3, 0.4) is 0 Å². The Hall–Kier alpha value is -4.12. The topological polar surface area (TPSA) is 115 Å². The number of hydrogen-bond acceptors (Lipinski definition) is 9. The fraction of sp³-hybridized carbons (Fsp3) is 0.360. The predicted octanol–water partition coefficient (Wildman–Crippen LogP) is 1.48. The van der Waals surface area contributed by atoms with Gasteiger partial charge in [-0.15, -0.1) is 0 Å². The van der Waals surface area contributed by atoms with Crippen LogP contribution in [0.1, 0.15) is 17.5 Å². The SMILES string of the molecule is CCOC(=O)c1nc2cc(OC)c(OC)cc2c(=O)n1NC(=O)CN1CCN(c2ccccc2)CC1. The van der Waals surface area contributed by atoms with Crippen LogP contribution in [-0.4, -0.2) is 80.0 Å². The molecule has 11 heteroatoms. The van der Waals surface area contributed by atoms with Crippen LogP contribution in [0, 0.1) is 0 Å². The largest absolute Gasteiger partial charge is 0.493 e. The van der Waals surface area contributed by atoms with Crippen molar-refractivity contribution in [2.24, 2.45) is 0 Å². The van der Waals surface area contributed by atoms with Crippen molar-refractivity contribution >= 4 is 28.5 Å². The summed E-state index contributed by atoms with van der Waals surface area (Å²) >= 11 is 0. The van der Waals surface area contributed by atoms with Gasteiger partial charge < -0.3 is 19.1 Å². The van der Waals surface area contributed by atoms with Gasteiger partial charge in [-0.2, -0.15) is 4.68 Å². The van der Waals surface area contributed by atoms with E-state index < -0.39 is 17.4 Å². The third-order valence-corrected chi connectivity index (χ3v) is 5.93. The molecule has 36 heavy (non-hydrogen) atoms. The Morgan fingerprint density at radius 1 is 1.00 bits per heavy atom. The van der Waals surface area contributed by atoms with Crippen LogP contribution in [0.4, 0.5) is 5.69 Å². The third kappa shape index (κ3) is 5.25. The van der Waals surface area contributed by atoms with E-state index in [1.54, 1.807) is 6.92 Å². The highest BCUT2D eigenvalue weighted by atomic mass is 16.5. The standard InChI is InChI=1S/C25H29N5O6/c1-4-36-25(33)23-26-19-15-21(35-3)20(34-2)14-18(19)24(32)30(23)27-22(31)16-28-10-12-29(13-11-28)17-8-6-5-7-9-17/h5-9,14-15H,4,10-13,16H2,1-3H3,(H,27,31). The minimum absolute atomic E-state index is 0.0569. The number of methoxy groups -OCH3 is 2. The minimum atomic E-state index is -0.830. The summed E-state index contributed by atoms with van der Waals surface area (Å²) in [6.45, 7) is 4.67. The summed E-state index contributed by atoms with van der Waals surface area (Å²) in [4.78, 5) is 47.4. The second kappa shape index (κ2) is 11.1. The van der Waals surface area contributed by atoms with Crippen LogP contribution in [0.15, 0.2) is 47.3 Å². The molecule has 190 valence electrons. The molecule has 0 saturated carbocycles. The van der Waals surface area contributed by atoms with Crippen molar-refractivity contribution in [2.75, 3.05) is 63.9 Å². The number of rotatable bonds is 8.